The Morgan fingerprint density at radius 1 is 1.30 bits per heavy atom. The Bertz CT molecular complexity index is 993. The predicted molar refractivity (Wildman–Crippen MR) is 145 cm³/mol. The van der Waals surface area contributed by atoms with Gasteiger partial charge in [-0.15, -0.1) is 11.3 Å². The van der Waals surface area contributed by atoms with Gasteiger partial charge < -0.3 is 19.7 Å². The van der Waals surface area contributed by atoms with Crippen molar-refractivity contribution in [3.05, 3.63) is 21.1 Å². The van der Waals surface area contributed by atoms with Crippen molar-refractivity contribution >= 4 is 40.8 Å². The lowest BCUT2D eigenvalue weighted by molar-refractivity contribution is -0.154. The highest BCUT2D eigenvalue weighted by molar-refractivity contribution is 7.09. The van der Waals surface area contributed by atoms with Gasteiger partial charge in [0, 0.05) is 17.7 Å². The fraction of sp³-hybridized carbons (Fsp3) is 0.750. The number of cyclic esters (lactones) is 1. The maximum Gasteiger partial charge on any atom is 0.309 e. The zero-order chi connectivity index (χ0) is 27.5. The lowest BCUT2D eigenvalue weighted by Gasteiger charge is -2.36. The number of fused-ring (bicyclic) bond motifs is 1. The van der Waals surface area contributed by atoms with Crippen molar-refractivity contribution in [2.75, 3.05) is 0 Å². The van der Waals surface area contributed by atoms with E-state index in [9.17, 15) is 19.8 Å². The number of aliphatic hydroxyl groups excluding tert-OH is 2. The molecule has 37 heavy (non-hydrogen) atoms. The topological polar surface area (TPSA) is 109 Å². The fourth-order valence-corrected chi connectivity index (χ4v) is 6.09. The smallest absolute Gasteiger partial charge is 0.309 e. The summed E-state index contributed by atoms with van der Waals surface area (Å²) < 4.78 is 11.8. The number of epoxide rings is 1. The minimum absolute atomic E-state index is 0.0844. The van der Waals surface area contributed by atoms with Gasteiger partial charge >= 0.3 is 5.97 Å². The van der Waals surface area contributed by atoms with Crippen LogP contribution in [0.4, 0.5) is 0 Å². The van der Waals surface area contributed by atoms with Crippen LogP contribution in [0.2, 0.25) is 0 Å². The quantitative estimate of drug-likeness (QED) is 0.376. The number of esters is 1. The lowest BCUT2D eigenvalue weighted by atomic mass is 9.71. The fourth-order valence-electron chi connectivity index (χ4n) is 5.27. The van der Waals surface area contributed by atoms with Crippen LogP contribution in [0.15, 0.2) is 10.4 Å². The van der Waals surface area contributed by atoms with Crippen molar-refractivity contribution in [1.82, 2.24) is 4.98 Å². The summed E-state index contributed by atoms with van der Waals surface area (Å²) in [5.74, 6) is -1.57. The summed E-state index contributed by atoms with van der Waals surface area (Å²) in [5, 5.41) is 25.3. The molecule has 0 saturated carbocycles. The number of aryl methyl sites for hydroxylation is 1. The van der Waals surface area contributed by atoms with Crippen LogP contribution in [-0.2, 0) is 19.1 Å². The van der Waals surface area contributed by atoms with Gasteiger partial charge in [-0.2, -0.15) is 0 Å². The Morgan fingerprint density at radius 2 is 2.00 bits per heavy atom. The Hall–Kier alpha value is -1.32. The van der Waals surface area contributed by atoms with Gasteiger partial charge in [-0.3, -0.25) is 9.59 Å². The highest BCUT2D eigenvalue weighted by Crippen LogP contribution is 2.45. The molecule has 208 valence electrons. The molecular formula is C28H42ClNO6S. The van der Waals surface area contributed by atoms with Crippen molar-refractivity contribution in [3.8, 4) is 0 Å². The van der Waals surface area contributed by atoms with Crippen molar-refractivity contribution in [1.29, 1.82) is 0 Å². The number of hydrogen-bond donors (Lipinski definition) is 2. The molecule has 2 aliphatic rings. The largest absolute Gasteiger partial charge is 0.456 e. The Labute approximate surface area is 229 Å². The molecule has 1 aromatic rings. The van der Waals surface area contributed by atoms with Crippen LogP contribution in [0.5, 0.6) is 0 Å². The number of hydrogen-bond acceptors (Lipinski definition) is 8. The molecule has 7 atom stereocenters. The van der Waals surface area contributed by atoms with E-state index >= 15 is 0 Å². The molecule has 2 fully saturated rings. The van der Waals surface area contributed by atoms with Crippen LogP contribution in [0, 0.1) is 24.2 Å². The molecular weight excluding hydrogens is 514 g/mol. The second kappa shape index (κ2) is 12.2. The molecule has 9 heteroatoms. The van der Waals surface area contributed by atoms with Crippen LogP contribution in [0.3, 0.4) is 0 Å². The maximum absolute atomic E-state index is 13.6. The van der Waals surface area contributed by atoms with Gasteiger partial charge in [0.15, 0.2) is 0 Å². The SMILES string of the molecule is CCCC1C(=O)C(C)(C)C(O)CC(=O)OC(C(Cl)=Cc2csc(C)n2)CC2OC2(C)CCCC(C)C1O. The second-order valence-electron chi connectivity index (χ2n) is 11.5. The average molecular weight is 556 g/mol. The summed E-state index contributed by atoms with van der Waals surface area (Å²) in [4.78, 5) is 31.0. The summed E-state index contributed by atoms with van der Waals surface area (Å²) in [6, 6.07) is 0. The molecule has 7 nitrogen and oxygen atoms in total. The van der Waals surface area contributed by atoms with Crippen molar-refractivity contribution in [3.63, 3.8) is 0 Å². The molecule has 0 bridgehead atoms. The van der Waals surface area contributed by atoms with E-state index in [1.165, 1.54) is 11.3 Å². The molecule has 3 rings (SSSR count). The van der Waals surface area contributed by atoms with Crippen LogP contribution in [-0.4, -0.2) is 57.0 Å². The van der Waals surface area contributed by atoms with Gasteiger partial charge in [0.05, 0.1) is 51.5 Å². The molecule has 0 radical (unpaired) electrons. The standard InChI is InChI=1S/C28H42ClNO6S/c1-7-9-19-25(33)16(2)10-8-11-28(6)23(36-28)13-21(20(29)12-18-15-37-17(3)30-18)35-24(32)14-22(31)27(4,5)26(19)34/h12,15-16,19,21-23,25,31,33H,7-11,13-14H2,1-6H3. The van der Waals surface area contributed by atoms with Crippen LogP contribution < -0.4 is 0 Å². The number of aliphatic hydroxyl groups is 2. The average Bonchev–Trinajstić information content (AvgIpc) is 3.27. The number of Topliss-reactive ketones (excluding diaryl/α,β-unsaturated/α-hetero) is 1. The molecule has 2 N–H and O–H groups in total. The van der Waals surface area contributed by atoms with Crippen LogP contribution in [0.1, 0.15) is 90.3 Å². The first-order chi connectivity index (χ1) is 17.3. The molecule has 3 heterocycles. The number of nitrogens with zero attached hydrogens (tertiary/aromatic N) is 1. The zero-order valence-corrected chi connectivity index (χ0v) is 24.4. The Kier molecular flexibility index (Phi) is 10.0. The highest BCUT2D eigenvalue weighted by atomic mass is 35.5. The summed E-state index contributed by atoms with van der Waals surface area (Å²) in [6.45, 7) is 11.2. The van der Waals surface area contributed by atoms with E-state index in [4.69, 9.17) is 21.1 Å². The Morgan fingerprint density at radius 3 is 2.62 bits per heavy atom. The van der Waals surface area contributed by atoms with E-state index in [1.54, 1.807) is 19.9 Å². The highest BCUT2D eigenvalue weighted by Gasteiger charge is 2.53. The van der Waals surface area contributed by atoms with Gasteiger partial charge in [0.2, 0.25) is 0 Å². The van der Waals surface area contributed by atoms with Crippen molar-refractivity contribution < 1.29 is 29.3 Å². The van der Waals surface area contributed by atoms with Gasteiger partial charge in [-0.1, -0.05) is 52.1 Å². The van der Waals surface area contributed by atoms with Gasteiger partial charge in [-0.25, -0.2) is 4.98 Å². The van der Waals surface area contributed by atoms with Gasteiger partial charge in [-0.05, 0) is 45.1 Å². The maximum atomic E-state index is 13.6. The number of carbonyl (C=O) groups excluding carboxylic acids is 2. The van der Waals surface area contributed by atoms with Crippen molar-refractivity contribution in [2.24, 2.45) is 17.3 Å². The zero-order valence-electron chi connectivity index (χ0n) is 22.8. The minimum Gasteiger partial charge on any atom is -0.456 e. The molecule has 0 amide bonds. The summed E-state index contributed by atoms with van der Waals surface area (Å²) in [6.07, 6.45) is 2.38. The minimum atomic E-state index is -1.27. The van der Waals surface area contributed by atoms with E-state index in [-0.39, 0.29) is 29.8 Å². The lowest BCUT2D eigenvalue weighted by Crippen LogP contribution is -2.46. The molecule has 2 aliphatic heterocycles. The molecule has 1 aromatic heterocycles. The summed E-state index contributed by atoms with van der Waals surface area (Å²) >= 11 is 8.15. The van der Waals surface area contributed by atoms with E-state index in [2.05, 4.69) is 4.98 Å². The number of ketones is 1. The Balaban J connectivity index is 1.88. The van der Waals surface area contributed by atoms with Gasteiger partial charge in [0.1, 0.15) is 11.9 Å². The number of carbonyl (C=O) groups is 2. The predicted octanol–water partition coefficient (Wildman–Crippen LogP) is 5.43. The third kappa shape index (κ3) is 7.41. The van der Waals surface area contributed by atoms with E-state index in [0.29, 0.717) is 23.6 Å². The first kappa shape index (κ1) is 30.2. The molecule has 2 saturated heterocycles. The summed E-state index contributed by atoms with van der Waals surface area (Å²) in [5.41, 5.74) is -0.903. The first-order valence-corrected chi connectivity index (χ1v) is 14.6. The molecule has 7 unspecified atom stereocenters. The third-order valence-corrected chi connectivity index (χ3v) is 9.20. The van der Waals surface area contributed by atoms with E-state index < -0.39 is 35.6 Å². The number of rotatable bonds is 4. The second-order valence-corrected chi connectivity index (χ2v) is 13.0. The molecule has 0 aliphatic carbocycles. The first-order valence-electron chi connectivity index (χ1n) is 13.4. The molecule has 0 spiro atoms. The summed E-state index contributed by atoms with van der Waals surface area (Å²) in [7, 11) is 0. The van der Waals surface area contributed by atoms with Crippen molar-refractivity contribution in [2.45, 2.75) is 117 Å². The third-order valence-electron chi connectivity index (χ3n) is 8.06. The van der Waals surface area contributed by atoms with Crippen LogP contribution >= 0.6 is 22.9 Å². The van der Waals surface area contributed by atoms with E-state index in [0.717, 1.165) is 30.7 Å². The number of aromatic nitrogens is 1. The number of halogens is 1. The van der Waals surface area contributed by atoms with Crippen LogP contribution in [0.25, 0.3) is 6.08 Å². The molecule has 0 aromatic carbocycles. The van der Waals surface area contributed by atoms with Gasteiger partial charge in [0.25, 0.3) is 0 Å². The monoisotopic (exact) mass is 555 g/mol. The number of ether oxygens (including phenoxy) is 2. The number of thiazole rings is 1. The van der Waals surface area contributed by atoms with E-state index in [1.807, 2.05) is 33.1 Å². The normalized spacial score (nSPS) is 36.1.